The summed E-state index contributed by atoms with van der Waals surface area (Å²) >= 11 is 6.45. The van der Waals surface area contributed by atoms with Crippen LogP contribution in [-0.4, -0.2) is 27.4 Å². The molecule has 1 saturated carbocycles. The summed E-state index contributed by atoms with van der Waals surface area (Å²) in [6.45, 7) is 5.27. The molecule has 0 bridgehead atoms. The molecule has 2 atom stereocenters. The van der Waals surface area contributed by atoms with Crippen molar-refractivity contribution in [2.24, 2.45) is 18.9 Å². The van der Waals surface area contributed by atoms with Crippen LogP contribution in [0.2, 0.25) is 5.02 Å². The Morgan fingerprint density at radius 3 is 2.60 bits per heavy atom. The lowest BCUT2D eigenvalue weighted by Crippen LogP contribution is -2.51. The van der Waals surface area contributed by atoms with Crippen molar-refractivity contribution >= 4 is 28.7 Å². The Morgan fingerprint density at radius 2 is 1.96 bits per heavy atom. The number of allylic oxidation sites excluding steroid dienone is 1. The van der Waals surface area contributed by atoms with Gasteiger partial charge in [0.1, 0.15) is 5.75 Å². The number of nitrogens with zero attached hydrogens (tertiary/aromatic N) is 3. The van der Waals surface area contributed by atoms with E-state index in [0.717, 1.165) is 57.4 Å². The van der Waals surface area contributed by atoms with E-state index < -0.39 is 5.54 Å². The van der Waals surface area contributed by atoms with Gasteiger partial charge in [-0.1, -0.05) is 48.0 Å². The van der Waals surface area contributed by atoms with Crippen LogP contribution in [0.5, 0.6) is 5.75 Å². The van der Waals surface area contributed by atoms with Crippen LogP contribution in [0, 0.1) is 17.2 Å². The molecule has 3 aromatic carbocycles. The molecule has 2 heterocycles. The van der Waals surface area contributed by atoms with Crippen LogP contribution in [0.3, 0.4) is 0 Å². The van der Waals surface area contributed by atoms with E-state index in [2.05, 4.69) is 35.1 Å². The molecule has 1 fully saturated rings. The second-order valence-electron chi connectivity index (χ2n) is 11.9. The maximum atomic E-state index is 13.6. The topological polar surface area (TPSA) is 84.9 Å². The average Bonchev–Trinajstić information content (AvgIpc) is 3.78. The van der Waals surface area contributed by atoms with E-state index in [9.17, 15) is 4.79 Å². The molecule has 0 spiro atoms. The van der Waals surface area contributed by atoms with E-state index in [0.29, 0.717) is 30.5 Å². The molecule has 0 amide bonds. The second kappa shape index (κ2) is 12.9. The molecule has 6 rings (SSSR count). The third kappa shape index (κ3) is 5.98. The first-order valence-electron chi connectivity index (χ1n) is 15.3. The Morgan fingerprint density at radius 1 is 1.16 bits per heavy atom. The molecule has 2 N–H and O–H groups in total. The summed E-state index contributed by atoms with van der Waals surface area (Å²) in [7, 11) is 3.64. The number of hydrogen-bond acceptors (Lipinski definition) is 5. The van der Waals surface area contributed by atoms with Crippen LogP contribution in [0.15, 0.2) is 103 Å². The van der Waals surface area contributed by atoms with Gasteiger partial charge in [-0.25, -0.2) is 4.98 Å². The van der Waals surface area contributed by atoms with E-state index in [1.54, 1.807) is 19.5 Å². The van der Waals surface area contributed by atoms with Crippen LogP contribution >= 0.6 is 11.6 Å². The smallest absolute Gasteiger partial charge is 0.251 e. The van der Waals surface area contributed by atoms with Crippen LogP contribution in [0.4, 0.5) is 0 Å². The molecule has 2 aromatic heterocycles. The van der Waals surface area contributed by atoms with Crippen LogP contribution in [-0.2, 0) is 25.7 Å². The average molecular weight is 620 g/mol. The lowest BCUT2D eigenvalue weighted by Gasteiger charge is -2.41. The van der Waals surface area contributed by atoms with Crippen molar-refractivity contribution in [3.8, 4) is 16.9 Å². The van der Waals surface area contributed by atoms with Gasteiger partial charge in [0.2, 0.25) is 0 Å². The summed E-state index contributed by atoms with van der Waals surface area (Å²) in [5.74, 6) is 1.02. The highest BCUT2D eigenvalue weighted by molar-refractivity contribution is 6.30. The van der Waals surface area contributed by atoms with Gasteiger partial charge in [0.05, 0.1) is 36.4 Å². The summed E-state index contributed by atoms with van der Waals surface area (Å²) in [5.41, 5.74) is 4.67. The fourth-order valence-electron chi connectivity index (χ4n) is 6.42. The van der Waals surface area contributed by atoms with Crippen molar-refractivity contribution in [3.05, 3.63) is 130 Å². The number of methoxy groups -OCH3 is 1. The number of nitrogens with one attached hydrogen (secondary N) is 2. The largest absolute Gasteiger partial charge is 0.497 e. The maximum Gasteiger partial charge on any atom is 0.251 e. The van der Waals surface area contributed by atoms with Gasteiger partial charge < -0.3 is 19.3 Å². The molecule has 45 heavy (non-hydrogen) atoms. The fourth-order valence-corrected chi connectivity index (χ4v) is 6.61. The van der Waals surface area contributed by atoms with Gasteiger partial charge in [0, 0.05) is 48.7 Å². The number of imidazole rings is 1. The molecule has 7 nitrogen and oxygen atoms in total. The van der Waals surface area contributed by atoms with E-state index in [1.165, 1.54) is 6.21 Å². The Bertz CT molecular complexity index is 1910. The Balaban J connectivity index is 1.61. The van der Waals surface area contributed by atoms with Crippen molar-refractivity contribution in [3.63, 3.8) is 0 Å². The monoisotopic (exact) mass is 619 g/mol. The van der Waals surface area contributed by atoms with Crippen molar-refractivity contribution in [1.29, 1.82) is 5.41 Å². The number of halogens is 1. The number of aromatic nitrogens is 3. The Labute approximate surface area is 268 Å². The maximum absolute atomic E-state index is 13.6. The number of hydrogen-bond donors (Lipinski definition) is 2. The molecule has 1 aliphatic rings. The minimum absolute atomic E-state index is 0.0170. The first kappa shape index (κ1) is 30.6. The van der Waals surface area contributed by atoms with E-state index in [-0.39, 0.29) is 11.5 Å². The van der Waals surface area contributed by atoms with Gasteiger partial charge in [-0.15, -0.1) is 6.58 Å². The lowest BCUT2D eigenvalue weighted by molar-refractivity contribution is 0.306. The molecule has 8 heteroatoms. The molecule has 1 aliphatic carbocycles. The SMILES string of the molecule is C=CCC(C=N)C(NCc1ccc(OC)cc1)(c1ccc2c(c1)c(-c1cccc(Cl)c1)cc(=O)n2CC1CC1)c1cncn1C. The molecular weight excluding hydrogens is 582 g/mol. The molecule has 5 aromatic rings. The first-order chi connectivity index (χ1) is 21.9. The fraction of sp³-hybridized carbons (Fsp3) is 0.270. The van der Waals surface area contributed by atoms with Crippen molar-refractivity contribution in [1.82, 2.24) is 19.4 Å². The number of benzene rings is 3. The Hall–Kier alpha value is -4.46. The van der Waals surface area contributed by atoms with Gasteiger partial charge in [-0.3, -0.25) is 10.1 Å². The summed E-state index contributed by atoms with van der Waals surface area (Å²) in [4.78, 5) is 18.1. The van der Waals surface area contributed by atoms with Gasteiger partial charge in [0.25, 0.3) is 5.56 Å². The minimum Gasteiger partial charge on any atom is -0.497 e. The van der Waals surface area contributed by atoms with Gasteiger partial charge in [-0.2, -0.15) is 0 Å². The first-order valence-corrected chi connectivity index (χ1v) is 15.7. The normalized spacial score (nSPS) is 15.0. The number of ether oxygens (including phenoxy) is 1. The predicted octanol–water partition coefficient (Wildman–Crippen LogP) is 7.35. The highest BCUT2D eigenvalue weighted by Gasteiger charge is 2.43. The summed E-state index contributed by atoms with van der Waals surface area (Å²) in [6.07, 6.45) is 9.88. The van der Waals surface area contributed by atoms with Crippen molar-refractivity contribution in [2.45, 2.75) is 37.9 Å². The summed E-state index contributed by atoms with van der Waals surface area (Å²) in [5, 5.41) is 14.1. The Kier molecular flexibility index (Phi) is 8.74. The number of rotatable bonds is 13. The van der Waals surface area contributed by atoms with Crippen molar-refractivity contribution < 1.29 is 4.74 Å². The molecular formula is C37H38ClN5O2. The van der Waals surface area contributed by atoms with Crippen LogP contribution < -0.4 is 15.6 Å². The van der Waals surface area contributed by atoms with Crippen molar-refractivity contribution in [2.75, 3.05) is 7.11 Å². The lowest BCUT2D eigenvalue weighted by atomic mass is 9.73. The number of fused-ring (bicyclic) bond motifs is 1. The van der Waals surface area contributed by atoms with Gasteiger partial charge in [0.15, 0.2) is 0 Å². The summed E-state index contributed by atoms with van der Waals surface area (Å²) < 4.78 is 9.31. The quantitative estimate of drug-likeness (QED) is 0.107. The molecule has 0 saturated heterocycles. The van der Waals surface area contributed by atoms with Gasteiger partial charge in [-0.05, 0) is 83.8 Å². The van der Waals surface area contributed by atoms with Gasteiger partial charge >= 0.3 is 0 Å². The highest BCUT2D eigenvalue weighted by atomic mass is 35.5. The number of pyridine rings is 1. The van der Waals surface area contributed by atoms with Crippen LogP contribution in [0.1, 0.15) is 36.1 Å². The van der Waals surface area contributed by atoms with Crippen LogP contribution in [0.25, 0.3) is 22.0 Å². The number of aryl methyl sites for hydroxylation is 1. The van der Waals surface area contributed by atoms with E-state index >= 15 is 0 Å². The highest BCUT2D eigenvalue weighted by Crippen LogP contribution is 2.41. The molecule has 230 valence electrons. The summed E-state index contributed by atoms with van der Waals surface area (Å²) in [6, 6.07) is 23.7. The molecule has 0 aliphatic heterocycles. The zero-order chi connectivity index (χ0) is 31.6. The predicted molar refractivity (Wildman–Crippen MR) is 182 cm³/mol. The zero-order valence-corrected chi connectivity index (χ0v) is 26.4. The minimum atomic E-state index is -0.863. The zero-order valence-electron chi connectivity index (χ0n) is 25.7. The second-order valence-corrected chi connectivity index (χ2v) is 12.3. The molecule has 0 radical (unpaired) electrons. The third-order valence-electron chi connectivity index (χ3n) is 8.97. The van der Waals surface area contributed by atoms with E-state index in [1.807, 2.05) is 77.0 Å². The van der Waals surface area contributed by atoms with E-state index in [4.69, 9.17) is 21.7 Å². The molecule has 2 unspecified atom stereocenters. The standard InChI is InChI=1S/C37H38ClN5O2/c1-4-6-29(20-39)37(35-22-40-24-42(35)2,41-21-25-11-14-31(45-3)15-12-25)28-13-16-34-33(18-28)32(27-7-5-8-30(38)17-27)19-36(44)43(34)23-26-9-10-26/h4-5,7-8,11-20,22,24,26,29,39,41H,1,6,9-10,21,23H2,2-3H3. The third-order valence-corrected chi connectivity index (χ3v) is 9.20.